The van der Waals surface area contributed by atoms with Crippen molar-refractivity contribution in [3.63, 3.8) is 0 Å². The van der Waals surface area contributed by atoms with E-state index in [0.29, 0.717) is 29.7 Å². The Balaban J connectivity index is 1.44. The highest BCUT2D eigenvalue weighted by Gasteiger charge is 2.27. The lowest BCUT2D eigenvalue weighted by Crippen LogP contribution is -2.40. The Hall–Kier alpha value is -3.00. The summed E-state index contributed by atoms with van der Waals surface area (Å²) in [6, 6.07) is 7.76. The van der Waals surface area contributed by atoms with Crippen LogP contribution in [-0.4, -0.2) is 39.2 Å². The van der Waals surface area contributed by atoms with Crippen molar-refractivity contribution in [2.24, 2.45) is 0 Å². The summed E-state index contributed by atoms with van der Waals surface area (Å²) in [5.74, 6) is 1.91. The summed E-state index contributed by atoms with van der Waals surface area (Å²) in [5.41, 5.74) is 2.24. The van der Waals surface area contributed by atoms with Gasteiger partial charge in [-0.05, 0) is 18.6 Å². The Morgan fingerprint density at radius 3 is 3.00 bits per heavy atom. The first-order chi connectivity index (χ1) is 12.2. The average molecular weight is 338 g/mol. The number of aromatic nitrogens is 4. The molecule has 3 heterocycles. The zero-order valence-electron chi connectivity index (χ0n) is 13.7. The molecule has 1 amide bonds. The van der Waals surface area contributed by atoms with Crippen LogP contribution in [-0.2, 0) is 6.54 Å². The van der Waals surface area contributed by atoms with Gasteiger partial charge < -0.3 is 15.1 Å². The standard InChI is InChI=1S/C17H18N6O2/c1-10-14(22-17(25-10)13-7-18-8-13)16(24)19-6-11-3-2-4-12(5-11)15-20-9-21-23-15/h2-5,9,13,18H,6-8H2,1H3,(H,19,24)(H,20,21,23). The van der Waals surface area contributed by atoms with E-state index in [2.05, 4.69) is 30.8 Å². The van der Waals surface area contributed by atoms with E-state index in [4.69, 9.17) is 4.42 Å². The van der Waals surface area contributed by atoms with Crippen LogP contribution in [0.1, 0.15) is 33.6 Å². The van der Waals surface area contributed by atoms with Crippen LogP contribution in [0.2, 0.25) is 0 Å². The van der Waals surface area contributed by atoms with E-state index in [1.165, 1.54) is 6.33 Å². The molecule has 25 heavy (non-hydrogen) atoms. The number of carbonyl (C=O) groups is 1. The van der Waals surface area contributed by atoms with Gasteiger partial charge in [0.25, 0.3) is 5.91 Å². The van der Waals surface area contributed by atoms with Crippen LogP contribution < -0.4 is 10.6 Å². The number of aromatic amines is 1. The van der Waals surface area contributed by atoms with E-state index in [9.17, 15) is 4.79 Å². The molecular formula is C17H18N6O2. The molecule has 0 spiro atoms. The summed E-state index contributed by atoms with van der Waals surface area (Å²) in [6.45, 7) is 3.85. The van der Waals surface area contributed by atoms with Crippen molar-refractivity contribution in [3.8, 4) is 11.4 Å². The predicted molar refractivity (Wildman–Crippen MR) is 89.8 cm³/mol. The molecule has 0 atom stereocenters. The second kappa shape index (κ2) is 6.48. The fourth-order valence-electron chi connectivity index (χ4n) is 2.70. The lowest BCUT2D eigenvalue weighted by atomic mass is 10.0. The Labute approximate surface area is 144 Å². The predicted octanol–water partition coefficient (Wildman–Crippen LogP) is 1.38. The van der Waals surface area contributed by atoms with Gasteiger partial charge in [0, 0.05) is 25.2 Å². The van der Waals surface area contributed by atoms with E-state index in [0.717, 1.165) is 24.2 Å². The minimum absolute atomic E-state index is 0.232. The number of H-pyrrole nitrogens is 1. The molecule has 1 saturated heterocycles. The molecule has 0 bridgehead atoms. The topological polar surface area (TPSA) is 109 Å². The average Bonchev–Trinajstić information content (AvgIpc) is 3.21. The second-order valence-corrected chi connectivity index (χ2v) is 6.03. The summed E-state index contributed by atoms with van der Waals surface area (Å²) < 4.78 is 5.63. The van der Waals surface area contributed by atoms with E-state index in [-0.39, 0.29) is 11.8 Å². The molecule has 128 valence electrons. The lowest BCUT2D eigenvalue weighted by Gasteiger charge is -2.23. The zero-order valence-corrected chi connectivity index (χ0v) is 13.7. The Kier molecular flexibility index (Phi) is 4.02. The third kappa shape index (κ3) is 3.16. The largest absolute Gasteiger partial charge is 0.445 e. The van der Waals surface area contributed by atoms with Crippen molar-refractivity contribution in [1.29, 1.82) is 0 Å². The van der Waals surface area contributed by atoms with Crippen LogP contribution in [0.5, 0.6) is 0 Å². The summed E-state index contributed by atoms with van der Waals surface area (Å²) >= 11 is 0. The summed E-state index contributed by atoms with van der Waals surface area (Å²) in [5, 5.41) is 12.7. The molecule has 8 nitrogen and oxygen atoms in total. The summed E-state index contributed by atoms with van der Waals surface area (Å²) in [6.07, 6.45) is 1.46. The lowest BCUT2D eigenvalue weighted by molar-refractivity contribution is 0.0945. The molecule has 8 heteroatoms. The van der Waals surface area contributed by atoms with Gasteiger partial charge in [-0.25, -0.2) is 9.97 Å². The normalized spacial score (nSPS) is 14.3. The molecule has 1 aliphatic heterocycles. The molecule has 3 aromatic rings. The maximum Gasteiger partial charge on any atom is 0.273 e. The molecule has 3 N–H and O–H groups in total. The van der Waals surface area contributed by atoms with Crippen LogP contribution in [0.15, 0.2) is 35.0 Å². The van der Waals surface area contributed by atoms with Crippen LogP contribution in [0.3, 0.4) is 0 Å². The maximum atomic E-state index is 12.4. The highest BCUT2D eigenvalue weighted by molar-refractivity contribution is 5.93. The number of hydrogen-bond donors (Lipinski definition) is 3. The molecule has 0 aliphatic carbocycles. The fourth-order valence-corrected chi connectivity index (χ4v) is 2.70. The van der Waals surface area contributed by atoms with Gasteiger partial charge >= 0.3 is 0 Å². The number of amides is 1. The minimum atomic E-state index is -0.232. The molecule has 4 rings (SSSR count). The minimum Gasteiger partial charge on any atom is -0.445 e. The van der Waals surface area contributed by atoms with Crippen molar-refractivity contribution in [3.05, 3.63) is 53.5 Å². The quantitative estimate of drug-likeness (QED) is 0.648. The summed E-state index contributed by atoms with van der Waals surface area (Å²) in [7, 11) is 0. The highest BCUT2D eigenvalue weighted by Crippen LogP contribution is 2.22. The van der Waals surface area contributed by atoms with Gasteiger partial charge in [0.1, 0.15) is 12.1 Å². The van der Waals surface area contributed by atoms with Gasteiger partial charge in [-0.15, -0.1) is 0 Å². The monoisotopic (exact) mass is 338 g/mol. The number of carbonyl (C=O) groups excluding carboxylic acids is 1. The van der Waals surface area contributed by atoms with Crippen molar-refractivity contribution in [1.82, 2.24) is 30.8 Å². The van der Waals surface area contributed by atoms with E-state index >= 15 is 0 Å². The highest BCUT2D eigenvalue weighted by atomic mass is 16.4. The number of aryl methyl sites for hydroxylation is 1. The van der Waals surface area contributed by atoms with Crippen LogP contribution >= 0.6 is 0 Å². The number of nitrogens with zero attached hydrogens (tertiary/aromatic N) is 3. The molecule has 1 aromatic carbocycles. The van der Waals surface area contributed by atoms with Crippen molar-refractivity contribution >= 4 is 5.91 Å². The Morgan fingerprint density at radius 1 is 1.40 bits per heavy atom. The number of nitrogens with one attached hydrogen (secondary N) is 3. The Bertz CT molecular complexity index is 882. The smallest absolute Gasteiger partial charge is 0.273 e. The first-order valence-corrected chi connectivity index (χ1v) is 8.11. The van der Waals surface area contributed by atoms with Gasteiger partial charge in [-0.3, -0.25) is 9.89 Å². The van der Waals surface area contributed by atoms with E-state index in [1.807, 2.05) is 24.3 Å². The maximum absolute atomic E-state index is 12.4. The second-order valence-electron chi connectivity index (χ2n) is 6.03. The van der Waals surface area contributed by atoms with Crippen LogP contribution in [0.4, 0.5) is 0 Å². The molecule has 1 aliphatic rings. The van der Waals surface area contributed by atoms with Gasteiger partial charge in [0.15, 0.2) is 11.5 Å². The van der Waals surface area contributed by atoms with Gasteiger partial charge in [0.05, 0.1) is 5.92 Å². The van der Waals surface area contributed by atoms with Crippen molar-refractivity contribution in [2.45, 2.75) is 19.4 Å². The third-order valence-electron chi connectivity index (χ3n) is 4.23. The number of oxazole rings is 1. The van der Waals surface area contributed by atoms with Crippen LogP contribution in [0, 0.1) is 6.92 Å². The number of hydrogen-bond acceptors (Lipinski definition) is 6. The Morgan fingerprint density at radius 2 is 2.28 bits per heavy atom. The van der Waals surface area contributed by atoms with E-state index in [1.54, 1.807) is 6.92 Å². The molecular weight excluding hydrogens is 320 g/mol. The molecule has 2 aromatic heterocycles. The van der Waals surface area contributed by atoms with E-state index < -0.39 is 0 Å². The first-order valence-electron chi connectivity index (χ1n) is 8.11. The fraction of sp³-hybridized carbons (Fsp3) is 0.294. The van der Waals surface area contributed by atoms with Gasteiger partial charge in [-0.1, -0.05) is 18.2 Å². The summed E-state index contributed by atoms with van der Waals surface area (Å²) in [4.78, 5) is 20.9. The first kappa shape index (κ1) is 15.5. The molecule has 1 fully saturated rings. The zero-order chi connectivity index (χ0) is 17.2. The third-order valence-corrected chi connectivity index (χ3v) is 4.23. The SMILES string of the molecule is Cc1oc(C2CNC2)nc1C(=O)NCc1cccc(-c2ncn[nH]2)c1. The van der Waals surface area contributed by atoms with Crippen LogP contribution in [0.25, 0.3) is 11.4 Å². The van der Waals surface area contributed by atoms with Crippen molar-refractivity contribution < 1.29 is 9.21 Å². The molecule has 0 radical (unpaired) electrons. The molecule has 0 unspecified atom stereocenters. The van der Waals surface area contributed by atoms with Gasteiger partial charge in [-0.2, -0.15) is 5.10 Å². The van der Waals surface area contributed by atoms with Crippen molar-refractivity contribution in [2.75, 3.05) is 13.1 Å². The number of rotatable bonds is 5. The van der Waals surface area contributed by atoms with Gasteiger partial charge in [0.2, 0.25) is 5.89 Å². The molecule has 0 saturated carbocycles. The number of benzene rings is 1.